The predicted octanol–water partition coefficient (Wildman–Crippen LogP) is 0.638. The van der Waals surface area contributed by atoms with Crippen LogP contribution in [0.15, 0.2) is 6.33 Å². The van der Waals surface area contributed by atoms with Crippen molar-refractivity contribution in [3.05, 3.63) is 12.2 Å². The number of nitrogens with zero attached hydrogens (tertiary/aromatic N) is 4. The van der Waals surface area contributed by atoms with Gasteiger partial charge in [-0.2, -0.15) is 5.10 Å². The summed E-state index contributed by atoms with van der Waals surface area (Å²) in [5.74, 6) is 1.62. The molecular formula is C11H21N5. The monoisotopic (exact) mass is 223 g/mol. The Morgan fingerprint density at radius 1 is 1.50 bits per heavy atom. The van der Waals surface area contributed by atoms with Gasteiger partial charge in [-0.1, -0.05) is 6.92 Å². The molecule has 2 unspecified atom stereocenters. The largest absolute Gasteiger partial charge is 0.326 e. The molecule has 2 N–H and O–H groups in total. The van der Waals surface area contributed by atoms with E-state index in [0.717, 1.165) is 25.5 Å². The van der Waals surface area contributed by atoms with Gasteiger partial charge in [0.2, 0.25) is 0 Å². The number of rotatable bonds is 3. The third kappa shape index (κ3) is 2.25. The fraction of sp³-hybridized carbons (Fsp3) is 0.818. The number of hydrogen-bond donors (Lipinski definition) is 1. The van der Waals surface area contributed by atoms with Gasteiger partial charge in [-0.05, 0) is 19.8 Å². The van der Waals surface area contributed by atoms with Crippen LogP contribution in [0.3, 0.4) is 0 Å². The fourth-order valence-corrected chi connectivity index (χ4v) is 2.24. The third-order valence-electron chi connectivity index (χ3n) is 3.25. The average molecular weight is 223 g/mol. The van der Waals surface area contributed by atoms with Crippen LogP contribution in [-0.2, 0) is 6.54 Å². The van der Waals surface area contributed by atoms with Crippen molar-refractivity contribution < 1.29 is 0 Å². The fourth-order valence-electron chi connectivity index (χ4n) is 2.24. The van der Waals surface area contributed by atoms with E-state index < -0.39 is 0 Å². The summed E-state index contributed by atoms with van der Waals surface area (Å²) in [5.41, 5.74) is 6.01. The van der Waals surface area contributed by atoms with Crippen LogP contribution < -0.4 is 5.73 Å². The molecule has 1 aromatic heterocycles. The molecule has 1 aromatic rings. The highest BCUT2D eigenvalue weighted by Crippen LogP contribution is 2.17. The van der Waals surface area contributed by atoms with Gasteiger partial charge in [0, 0.05) is 25.2 Å². The Bertz CT molecular complexity index is 336. The van der Waals surface area contributed by atoms with Crippen LogP contribution in [0.4, 0.5) is 0 Å². The minimum absolute atomic E-state index is 0.301. The van der Waals surface area contributed by atoms with Gasteiger partial charge in [-0.3, -0.25) is 4.90 Å². The Balaban J connectivity index is 2.02. The second-order valence-corrected chi connectivity index (χ2v) is 5.05. The molecule has 0 spiro atoms. The van der Waals surface area contributed by atoms with Crippen LogP contribution in [-0.4, -0.2) is 38.8 Å². The van der Waals surface area contributed by atoms with Gasteiger partial charge in [0.05, 0.1) is 6.54 Å². The predicted molar refractivity (Wildman–Crippen MR) is 62.8 cm³/mol. The lowest BCUT2D eigenvalue weighted by molar-refractivity contribution is 0.298. The molecule has 1 aliphatic rings. The molecule has 0 bridgehead atoms. The molecule has 0 amide bonds. The lowest BCUT2D eigenvalue weighted by atomic mass is 10.1. The summed E-state index contributed by atoms with van der Waals surface area (Å²) in [4.78, 5) is 6.68. The summed E-state index contributed by atoms with van der Waals surface area (Å²) in [5, 5.41) is 4.24. The first-order chi connectivity index (χ1) is 7.58. The highest BCUT2D eigenvalue weighted by Gasteiger charge is 2.27. The van der Waals surface area contributed by atoms with Crippen molar-refractivity contribution in [1.29, 1.82) is 0 Å². The van der Waals surface area contributed by atoms with Gasteiger partial charge in [0.25, 0.3) is 0 Å². The van der Waals surface area contributed by atoms with Gasteiger partial charge in [0.1, 0.15) is 12.2 Å². The normalized spacial score (nSPS) is 26.8. The van der Waals surface area contributed by atoms with Gasteiger partial charge < -0.3 is 5.73 Å². The van der Waals surface area contributed by atoms with Gasteiger partial charge >= 0.3 is 0 Å². The molecule has 1 aliphatic heterocycles. The number of aromatic nitrogens is 3. The Hall–Kier alpha value is -0.940. The van der Waals surface area contributed by atoms with Crippen LogP contribution in [0.25, 0.3) is 0 Å². The van der Waals surface area contributed by atoms with Gasteiger partial charge in [-0.15, -0.1) is 0 Å². The highest BCUT2D eigenvalue weighted by atomic mass is 15.4. The van der Waals surface area contributed by atoms with E-state index in [2.05, 4.69) is 35.8 Å². The van der Waals surface area contributed by atoms with E-state index in [1.165, 1.54) is 0 Å². The maximum atomic E-state index is 6.01. The zero-order valence-corrected chi connectivity index (χ0v) is 10.3. The summed E-state index contributed by atoms with van der Waals surface area (Å²) >= 11 is 0. The SMILES string of the molecule is CC1CN(Cc2ncnn2C(C)C)CC1N. The molecule has 90 valence electrons. The average Bonchev–Trinajstić information content (AvgIpc) is 2.75. The number of nitrogens with two attached hydrogens (primary N) is 1. The summed E-state index contributed by atoms with van der Waals surface area (Å²) in [6.07, 6.45) is 1.63. The maximum absolute atomic E-state index is 6.01. The van der Waals surface area contributed by atoms with Crippen LogP contribution in [0.5, 0.6) is 0 Å². The minimum Gasteiger partial charge on any atom is -0.326 e. The van der Waals surface area contributed by atoms with Crippen LogP contribution in [0, 0.1) is 5.92 Å². The Kier molecular flexibility index (Phi) is 3.25. The molecule has 2 atom stereocenters. The zero-order valence-electron chi connectivity index (χ0n) is 10.3. The second kappa shape index (κ2) is 4.51. The number of hydrogen-bond acceptors (Lipinski definition) is 4. The second-order valence-electron chi connectivity index (χ2n) is 5.05. The first-order valence-corrected chi connectivity index (χ1v) is 5.94. The molecule has 2 heterocycles. The Morgan fingerprint density at radius 2 is 2.25 bits per heavy atom. The molecule has 1 saturated heterocycles. The standard InChI is InChI=1S/C11H21N5/c1-8(2)16-11(13-7-14-16)6-15-4-9(3)10(12)5-15/h7-10H,4-6,12H2,1-3H3. The van der Waals surface area contributed by atoms with E-state index in [9.17, 15) is 0 Å². The van der Waals surface area contributed by atoms with Crippen molar-refractivity contribution in [2.45, 2.75) is 39.4 Å². The van der Waals surface area contributed by atoms with Crippen molar-refractivity contribution >= 4 is 0 Å². The minimum atomic E-state index is 0.301. The molecule has 0 aromatic carbocycles. The summed E-state index contributed by atoms with van der Waals surface area (Å²) < 4.78 is 1.98. The Morgan fingerprint density at radius 3 is 2.81 bits per heavy atom. The molecular weight excluding hydrogens is 202 g/mol. The van der Waals surface area contributed by atoms with Crippen molar-refractivity contribution in [2.24, 2.45) is 11.7 Å². The summed E-state index contributed by atoms with van der Waals surface area (Å²) in [6, 6.07) is 0.668. The summed E-state index contributed by atoms with van der Waals surface area (Å²) in [7, 11) is 0. The van der Waals surface area contributed by atoms with Gasteiger partial charge in [-0.25, -0.2) is 9.67 Å². The van der Waals surface area contributed by atoms with E-state index >= 15 is 0 Å². The molecule has 5 nitrogen and oxygen atoms in total. The highest BCUT2D eigenvalue weighted by molar-refractivity contribution is 4.91. The van der Waals surface area contributed by atoms with E-state index in [0.29, 0.717) is 18.0 Å². The molecule has 1 fully saturated rings. The molecule has 16 heavy (non-hydrogen) atoms. The molecule has 0 saturated carbocycles. The van der Waals surface area contributed by atoms with Crippen LogP contribution in [0.1, 0.15) is 32.6 Å². The lowest BCUT2D eigenvalue weighted by Gasteiger charge is -2.16. The van der Waals surface area contributed by atoms with Gasteiger partial charge in [0.15, 0.2) is 0 Å². The summed E-state index contributed by atoms with van der Waals surface area (Å²) in [6.45, 7) is 9.33. The molecule has 5 heteroatoms. The Labute approximate surface area is 96.6 Å². The first kappa shape index (κ1) is 11.5. The van der Waals surface area contributed by atoms with Crippen molar-refractivity contribution in [3.8, 4) is 0 Å². The van der Waals surface area contributed by atoms with E-state index in [1.807, 2.05) is 4.68 Å². The maximum Gasteiger partial charge on any atom is 0.141 e. The van der Waals surface area contributed by atoms with E-state index in [-0.39, 0.29) is 0 Å². The van der Waals surface area contributed by atoms with E-state index in [4.69, 9.17) is 5.73 Å². The number of likely N-dealkylation sites (tertiary alicyclic amines) is 1. The van der Waals surface area contributed by atoms with Crippen molar-refractivity contribution in [2.75, 3.05) is 13.1 Å². The first-order valence-electron chi connectivity index (χ1n) is 5.94. The van der Waals surface area contributed by atoms with Crippen LogP contribution >= 0.6 is 0 Å². The molecule has 0 radical (unpaired) electrons. The topological polar surface area (TPSA) is 60.0 Å². The van der Waals surface area contributed by atoms with Crippen molar-refractivity contribution in [1.82, 2.24) is 19.7 Å². The third-order valence-corrected chi connectivity index (χ3v) is 3.25. The van der Waals surface area contributed by atoms with Crippen LogP contribution in [0.2, 0.25) is 0 Å². The zero-order chi connectivity index (χ0) is 11.7. The van der Waals surface area contributed by atoms with E-state index in [1.54, 1.807) is 6.33 Å². The molecule has 2 rings (SSSR count). The smallest absolute Gasteiger partial charge is 0.141 e. The molecule has 0 aliphatic carbocycles. The quantitative estimate of drug-likeness (QED) is 0.817. The van der Waals surface area contributed by atoms with Crippen molar-refractivity contribution in [3.63, 3.8) is 0 Å². The lowest BCUT2D eigenvalue weighted by Crippen LogP contribution is -2.29.